The topological polar surface area (TPSA) is 52.7 Å². The van der Waals surface area contributed by atoms with Gasteiger partial charge in [-0.1, -0.05) is 31.5 Å². The van der Waals surface area contributed by atoms with E-state index >= 15 is 0 Å². The summed E-state index contributed by atoms with van der Waals surface area (Å²) in [6.45, 7) is 8.05. The largest absolute Gasteiger partial charge is 0.365 e. The van der Waals surface area contributed by atoms with E-state index in [2.05, 4.69) is 10.2 Å². The van der Waals surface area contributed by atoms with Crippen molar-refractivity contribution in [3.05, 3.63) is 23.2 Å². The predicted molar refractivity (Wildman–Crippen MR) is 89.4 cm³/mol. The van der Waals surface area contributed by atoms with Gasteiger partial charge in [-0.3, -0.25) is 9.59 Å². The Morgan fingerprint density at radius 1 is 1.18 bits per heavy atom. The maximum absolute atomic E-state index is 12.0. The molecule has 1 aliphatic rings. The number of rotatable bonds is 3. The molecule has 0 aromatic heterocycles. The smallest absolute Gasteiger partial charge is 0.225 e. The minimum atomic E-state index is -0.128. The van der Waals surface area contributed by atoms with Crippen LogP contribution in [-0.4, -0.2) is 42.9 Å². The van der Waals surface area contributed by atoms with Gasteiger partial charge >= 0.3 is 0 Å². The fourth-order valence-electron chi connectivity index (χ4n) is 2.64. The normalized spacial score (nSPS) is 15.1. The first-order valence-corrected chi connectivity index (χ1v) is 7.87. The van der Waals surface area contributed by atoms with Crippen LogP contribution < -0.4 is 10.2 Å². The minimum absolute atomic E-state index is 0.0156. The standard InChI is InChI=1S/C16H22ClN3O2/c1-11(2)16(22)20-9-7-19(8-10-20)15-13(17)5-4-6-14(15)18-12(3)21/h4-6,11H,7-10H2,1-3H3,(H,18,21). The molecule has 120 valence electrons. The summed E-state index contributed by atoms with van der Waals surface area (Å²) in [6, 6.07) is 5.47. The number of carbonyl (C=O) groups is 2. The molecule has 6 heteroatoms. The number of amides is 2. The van der Waals surface area contributed by atoms with Gasteiger partial charge in [0.1, 0.15) is 0 Å². The first kappa shape index (κ1) is 16.6. The number of hydrogen-bond donors (Lipinski definition) is 1. The van der Waals surface area contributed by atoms with Crippen LogP contribution in [0, 0.1) is 5.92 Å². The third kappa shape index (κ3) is 3.71. The SMILES string of the molecule is CC(=O)Nc1cccc(Cl)c1N1CCN(C(=O)C(C)C)CC1. The summed E-state index contributed by atoms with van der Waals surface area (Å²) < 4.78 is 0. The van der Waals surface area contributed by atoms with Crippen LogP contribution >= 0.6 is 11.6 Å². The van der Waals surface area contributed by atoms with Crippen molar-refractivity contribution >= 4 is 34.8 Å². The number of para-hydroxylation sites is 1. The zero-order valence-electron chi connectivity index (χ0n) is 13.2. The second-order valence-electron chi connectivity index (χ2n) is 5.78. The molecule has 2 rings (SSSR count). The molecular weight excluding hydrogens is 302 g/mol. The van der Waals surface area contributed by atoms with Crippen LogP contribution in [0.5, 0.6) is 0 Å². The molecule has 0 radical (unpaired) electrons. The summed E-state index contributed by atoms with van der Waals surface area (Å²) in [5.74, 6) is 0.0693. The quantitative estimate of drug-likeness (QED) is 0.930. The molecule has 0 saturated carbocycles. The number of benzene rings is 1. The molecule has 1 heterocycles. The van der Waals surface area contributed by atoms with Crippen molar-refractivity contribution in [1.29, 1.82) is 0 Å². The highest BCUT2D eigenvalue weighted by Crippen LogP contribution is 2.34. The van der Waals surface area contributed by atoms with Crippen molar-refractivity contribution in [3.63, 3.8) is 0 Å². The van der Waals surface area contributed by atoms with Crippen molar-refractivity contribution in [1.82, 2.24) is 4.90 Å². The lowest BCUT2D eigenvalue weighted by Crippen LogP contribution is -2.50. The average Bonchev–Trinajstić information content (AvgIpc) is 2.46. The van der Waals surface area contributed by atoms with E-state index in [-0.39, 0.29) is 17.7 Å². The Labute approximate surface area is 136 Å². The lowest BCUT2D eigenvalue weighted by Gasteiger charge is -2.38. The molecule has 0 bridgehead atoms. The number of nitrogens with zero attached hydrogens (tertiary/aromatic N) is 2. The van der Waals surface area contributed by atoms with Gasteiger partial charge in [0.05, 0.1) is 16.4 Å². The fourth-order valence-corrected chi connectivity index (χ4v) is 2.94. The highest BCUT2D eigenvalue weighted by molar-refractivity contribution is 6.34. The predicted octanol–water partition coefficient (Wildman–Crippen LogP) is 2.60. The number of hydrogen-bond acceptors (Lipinski definition) is 3. The van der Waals surface area contributed by atoms with Gasteiger partial charge in [-0.05, 0) is 12.1 Å². The molecule has 1 N–H and O–H groups in total. The number of halogens is 1. The summed E-state index contributed by atoms with van der Waals surface area (Å²) >= 11 is 6.32. The average molecular weight is 324 g/mol. The van der Waals surface area contributed by atoms with Crippen LogP contribution in [0.1, 0.15) is 20.8 Å². The lowest BCUT2D eigenvalue weighted by molar-refractivity contribution is -0.134. The number of piperazine rings is 1. The Kier molecular flexibility index (Phi) is 5.29. The van der Waals surface area contributed by atoms with E-state index in [1.54, 1.807) is 0 Å². The van der Waals surface area contributed by atoms with Gasteiger partial charge in [-0.15, -0.1) is 0 Å². The molecule has 0 unspecified atom stereocenters. The molecule has 1 aliphatic heterocycles. The van der Waals surface area contributed by atoms with E-state index in [0.29, 0.717) is 36.9 Å². The summed E-state index contributed by atoms with van der Waals surface area (Å²) in [5.41, 5.74) is 1.54. The fraction of sp³-hybridized carbons (Fsp3) is 0.500. The molecular formula is C16H22ClN3O2. The Bertz CT molecular complexity index is 567. The summed E-state index contributed by atoms with van der Waals surface area (Å²) in [5, 5.41) is 3.42. The Hall–Kier alpha value is -1.75. The van der Waals surface area contributed by atoms with E-state index in [4.69, 9.17) is 11.6 Å². The molecule has 5 nitrogen and oxygen atoms in total. The molecule has 1 aromatic carbocycles. The molecule has 0 aliphatic carbocycles. The number of nitrogens with one attached hydrogen (secondary N) is 1. The highest BCUT2D eigenvalue weighted by atomic mass is 35.5. The summed E-state index contributed by atoms with van der Waals surface area (Å²) in [7, 11) is 0. The van der Waals surface area contributed by atoms with Crippen molar-refractivity contribution in [2.45, 2.75) is 20.8 Å². The van der Waals surface area contributed by atoms with E-state index in [1.807, 2.05) is 36.9 Å². The number of carbonyl (C=O) groups excluding carboxylic acids is 2. The molecule has 0 spiro atoms. The zero-order valence-corrected chi connectivity index (χ0v) is 14.0. The monoisotopic (exact) mass is 323 g/mol. The van der Waals surface area contributed by atoms with Gasteiger partial charge in [0.15, 0.2) is 0 Å². The van der Waals surface area contributed by atoms with Crippen molar-refractivity contribution in [2.24, 2.45) is 5.92 Å². The Balaban J connectivity index is 2.14. The third-order valence-electron chi connectivity index (χ3n) is 3.70. The van der Waals surface area contributed by atoms with Crippen molar-refractivity contribution in [2.75, 3.05) is 36.4 Å². The molecule has 0 atom stereocenters. The summed E-state index contributed by atoms with van der Waals surface area (Å²) in [4.78, 5) is 27.4. The molecule has 22 heavy (non-hydrogen) atoms. The van der Waals surface area contributed by atoms with Crippen LogP contribution in [0.2, 0.25) is 5.02 Å². The second-order valence-corrected chi connectivity index (χ2v) is 6.19. The van der Waals surface area contributed by atoms with Crippen molar-refractivity contribution in [3.8, 4) is 0 Å². The van der Waals surface area contributed by atoms with Crippen molar-refractivity contribution < 1.29 is 9.59 Å². The third-order valence-corrected chi connectivity index (χ3v) is 4.00. The molecule has 1 saturated heterocycles. The zero-order chi connectivity index (χ0) is 16.3. The van der Waals surface area contributed by atoms with Crippen LogP contribution in [0.4, 0.5) is 11.4 Å². The van der Waals surface area contributed by atoms with E-state index < -0.39 is 0 Å². The molecule has 1 fully saturated rings. The number of anilines is 2. The highest BCUT2D eigenvalue weighted by Gasteiger charge is 2.25. The maximum atomic E-state index is 12.0. The van der Waals surface area contributed by atoms with E-state index in [0.717, 1.165) is 5.69 Å². The van der Waals surface area contributed by atoms with Gasteiger partial charge in [-0.2, -0.15) is 0 Å². The molecule has 2 amide bonds. The second kappa shape index (κ2) is 7.01. The van der Waals surface area contributed by atoms with Gasteiger partial charge in [0, 0.05) is 39.0 Å². The van der Waals surface area contributed by atoms with Crippen LogP contribution in [0.25, 0.3) is 0 Å². The van der Waals surface area contributed by atoms with Gasteiger partial charge in [-0.25, -0.2) is 0 Å². The van der Waals surface area contributed by atoms with Crippen LogP contribution in [-0.2, 0) is 9.59 Å². The first-order chi connectivity index (χ1) is 10.4. The lowest BCUT2D eigenvalue weighted by atomic mass is 10.1. The van der Waals surface area contributed by atoms with Crippen LogP contribution in [0.15, 0.2) is 18.2 Å². The summed E-state index contributed by atoms with van der Waals surface area (Å²) in [6.07, 6.45) is 0. The molecule has 1 aromatic rings. The maximum Gasteiger partial charge on any atom is 0.225 e. The minimum Gasteiger partial charge on any atom is -0.365 e. The van der Waals surface area contributed by atoms with E-state index in [9.17, 15) is 9.59 Å². The van der Waals surface area contributed by atoms with Gasteiger partial charge in [0.2, 0.25) is 11.8 Å². The van der Waals surface area contributed by atoms with Gasteiger partial charge < -0.3 is 15.1 Å². The van der Waals surface area contributed by atoms with E-state index in [1.165, 1.54) is 6.92 Å². The Morgan fingerprint density at radius 2 is 1.82 bits per heavy atom. The Morgan fingerprint density at radius 3 is 2.36 bits per heavy atom. The first-order valence-electron chi connectivity index (χ1n) is 7.50. The van der Waals surface area contributed by atoms with Gasteiger partial charge in [0.25, 0.3) is 0 Å². The van der Waals surface area contributed by atoms with Crippen LogP contribution in [0.3, 0.4) is 0 Å².